The van der Waals surface area contributed by atoms with Crippen LogP contribution in [0.2, 0.25) is 0 Å². The fourth-order valence-electron chi connectivity index (χ4n) is 0.325. The van der Waals surface area contributed by atoms with E-state index in [1.165, 1.54) is 0 Å². The third kappa shape index (κ3) is 4.67. The number of nitrogens with one attached hydrogen (secondary N) is 1. The van der Waals surface area contributed by atoms with Crippen LogP contribution in [0, 0.1) is 0 Å². The predicted molar refractivity (Wildman–Crippen MR) is 33.2 cm³/mol. The molecule has 56 valence electrons. The molecule has 1 heterocycles. The summed E-state index contributed by atoms with van der Waals surface area (Å²) in [5.41, 5.74) is 0. The summed E-state index contributed by atoms with van der Waals surface area (Å²) in [4.78, 5) is 3.42. The average Bonchev–Trinajstić information content (AvgIpc) is 2.12. The summed E-state index contributed by atoms with van der Waals surface area (Å²) in [6.45, 7) is 0. The molecule has 0 radical (unpaired) electrons. The summed E-state index contributed by atoms with van der Waals surface area (Å²) in [6, 6.07) is 0. The molecular formula is C2H2N3NaO3S2. The van der Waals surface area contributed by atoms with Gasteiger partial charge in [0.15, 0.2) is 10.3 Å². The van der Waals surface area contributed by atoms with Crippen LogP contribution in [-0.4, -0.2) is 22.3 Å². The Labute approximate surface area is 89.4 Å². The number of nitrogens with zero attached hydrogens (tertiary/aromatic N) is 2. The van der Waals surface area contributed by atoms with Gasteiger partial charge in [-0.3, -0.25) is 4.72 Å². The molecule has 0 spiro atoms. The maximum atomic E-state index is 9.97. The largest absolute Gasteiger partial charge is 1.00 e. The topological polar surface area (TPSA) is 95.0 Å². The van der Waals surface area contributed by atoms with E-state index < -0.39 is 10.3 Å². The molecular weight excluding hydrogens is 201 g/mol. The molecule has 1 aromatic rings. The zero-order valence-electron chi connectivity index (χ0n) is 5.51. The Balaban J connectivity index is 0.000001000. The van der Waals surface area contributed by atoms with Crippen molar-refractivity contribution in [3.63, 3.8) is 0 Å². The van der Waals surface area contributed by atoms with Crippen LogP contribution in [0.4, 0.5) is 5.13 Å². The van der Waals surface area contributed by atoms with Crippen molar-refractivity contribution in [1.82, 2.24) is 9.36 Å². The monoisotopic (exact) mass is 203 g/mol. The van der Waals surface area contributed by atoms with Gasteiger partial charge in [-0.15, -0.1) is 0 Å². The van der Waals surface area contributed by atoms with Gasteiger partial charge in [-0.05, 0) is 0 Å². The van der Waals surface area contributed by atoms with Crippen LogP contribution >= 0.6 is 11.5 Å². The molecule has 6 nitrogen and oxygen atoms in total. The van der Waals surface area contributed by atoms with Gasteiger partial charge in [0, 0.05) is 11.5 Å². The van der Waals surface area contributed by atoms with Gasteiger partial charge in [0.25, 0.3) is 0 Å². The summed E-state index contributed by atoms with van der Waals surface area (Å²) < 4.78 is 35.0. The van der Waals surface area contributed by atoms with Crippen LogP contribution in [0.3, 0.4) is 0 Å². The van der Waals surface area contributed by atoms with E-state index in [-0.39, 0.29) is 34.7 Å². The molecule has 0 saturated heterocycles. The first-order chi connectivity index (χ1) is 4.58. The van der Waals surface area contributed by atoms with E-state index in [4.69, 9.17) is 0 Å². The number of rotatable bonds is 2. The fraction of sp³-hybridized carbons (Fsp3) is 0. The second kappa shape index (κ2) is 4.33. The van der Waals surface area contributed by atoms with Crippen LogP contribution in [0.25, 0.3) is 0 Å². The van der Waals surface area contributed by atoms with Crippen molar-refractivity contribution in [2.45, 2.75) is 0 Å². The smallest absolute Gasteiger partial charge is 0.731 e. The van der Waals surface area contributed by atoms with Crippen molar-refractivity contribution < 1.29 is 42.5 Å². The molecule has 0 fully saturated rings. The normalized spacial score (nSPS) is 10.3. The zero-order chi connectivity index (χ0) is 7.61. The van der Waals surface area contributed by atoms with E-state index in [1.54, 1.807) is 4.72 Å². The molecule has 0 aliphatic heterocycles. The Morgan fingerprint density at radius 2 is 2.27 bits per heavy atom. The Morgan fingerprint density at radius 1 is 1.64 bits per heavy atom. The minimum atomic E-state index is -4.44. The van der Waals surface area contributed by atoms with Crippen LogP contribution in [-0.2, 0) is 10.3 Å². The molecule has 1 N–H and O–H groups in total. The fourth-order valence-corrected chi connectivity index (χ4v) is 1.34. The quantitative estimate of drug-likeness (QED) is 0.396. The number of anilines is 1. The van der Waals surface area contributed by atoms with Gasteiger partial charge in [-0.2, -0.15) is 4.37 Å². The first-order valence-corrected chi connectivity index (χ1v) is 4.26. The van der Waals surface area contributed by atoms with Crippen molar-refractivity contribution in [3.05, 3.63) is 6.33 Å². The van der Waals surface area contributed by atoms with Crippen molar-refractivity contribution in [3.8, 4) is 0 Å². The van der Waals surface area contributed by atoms with Gasteiger partial charge in [0.05, 0.1) is 0 Å². The third-order valence-corrected chi connectivity index (χ3v) is 1.73. The van der Waals surface area contributed by atoms with E-state index in [0.717, 1.165) is 17.9 Å². The summed E-state index contributed by atoms with van der Waals surface area (Å²) in [6.07, 6.45) is 1.15. The average molecular weight is 203 g/mol. The van der Waals surface area contributed by atoms with Gasteiger partial charge >= 0.3 is 29.6 Å². The molecule has 1 aromatic heterocycles. The van der Waals surface area contributed by atoms with Crippen molar-refractivity contribution in [2.75, 3.05) is 4.72 Å². The summed E-state index contributed by atoms with van der Waals surface area (Å²) >= 11 is 0.798. The first-order valence-electron chi connectivity index (χ1n) is 2.08. The Kier molecular flexibility index (Phi) is 4.44. The molecule has 1 rings (SSSR count). The van der Waals surface area contributed by atoms with E-state index >= 15 is 0 Å². The van der Waals surface area contributed by atoms with Gasteiger partial charge < -0.3 is 4.55 Å². The molecule has 0 unspecified atom stereocenters. The number of hydrogen-bond acceptors (Lipinski definition) is 6. The molecule has 0 atom stereocenters. The Hall–Kier alpha value is 0.270. The van der Waals surface area contributed by atoms with E-state index in [0.29, 0.717) is 0 Å². The van der Waals surface area contributed by atoms with E-state index in [1.807, 2.05) is 0 Å². The van der Waals surface area contributed by atoms with Crippen molar-refractivity contribution in [2.24, 2.45) is 0 Å². The Bertz CT molecular complexity index is 294. The molecule has 0 bridgehead atoms. The first kappa shape index (κ1) is 11.3. The second-order valence-corrected chi connectivity index (χ2v) is 3.20. The molecule has 9 heteroatoms. The van der Waals surface area contributed by atoms with Crippen molar-refractivity contribution in [1.29, 1.82) is 0 Å². The summed E-state index contributed by atoms with van der Waals surface area (Å²) in [7, 11) is -4.44. The molecule has 0 aliphatic carbocycles. The third-order valence-electron chi connectivity index (χ3n) is 0.574. The minimum Gasteiger partial charge on any atom is -0.731 e. The molecule has 0 amide bonds. The van der Waals surface area contributed by atoms with Gasteiger partial charge in [-0.1, -0.05) is 0 Å². The minimum absolute atomic E-state index is 0. The number of aromatic nitrogens is 2. The Morgan fingerprint density at radius 3 is 2.64 bits per heavy atom. The van der Waals surface area contributed by atoms with E-state index in [2.05, 4.69) is 9.36 Å². The summed E-state index contributed by atoms with van der Waals surface area (Å²) in [5, 5.41) is -0.0185. The zero-order valence-corrected chi connectivity index (χ0v) is 9.15. The number of hydrogen-bond donors (Lipinski definition) is 1. The molecule has 0 aromatic carbocycles. The van der Waals surface area contributed by atoms with Crippen molar-refractivity contribution >= 4 is 27.0 Å². The summed E-state index contributed by atoms with van der Waals surface area (Å²) in [5.74, 6) is 0. The van der Waals surface area contributed by atoms with Crippen LogP contribution in [0.5, 0.6) is 0 Å². The van der Waals surface area contributed by atoms with Crippen LogP contribution in [0.15, 0.2) is 6.33 Å². The predicted octanol–water partition coefficient (Wildman–Crippen LogP) is -3.59. The van der Waals surface area contributed by atoms with Gasteiger partial charge in [0.2, 0.25) is 5.13 Å². The standard InChI is InChI=1S/C2H3N3O3S2.Na/c6-10(7,8)5-2-3-1-4-9-2;/h1H,(H,3,4,5)(H,6,7,8);/q;+1/p-1. The second-order valence-electron chi connectivity index (χ2n) is 1.30. The molecule has 0 aliphatic rings. The van der Waals surface area contributed by atoms with Crippen LogP contribution < -0.4 is 34.3 Å². The maximum absolute atomic E-state index is 9.97. The van der Waals surface area contributed by atoms with E-state index in [9.17, 15) is 13.0 Å². The SMILES string of the molecule is O=S(=O)([O-])Nc1ncns1.[Na+]. The molecule has 0 saturated carbocycles. The van der Waals surface area contributed by atoms with Gasteiger partial charge in [0.1, 0.15) is 6.33 Å². The van der Waals surface area contributed by atoms with Crippen LogP contribution in [0.1, 0.15) is 0 Å². The molecule has 11 heavy (non-hydrogen) atoms. The van der Waals surface area contributed by atoms with Gasteiger partial charge in [-0.25, -0.2) is 13.4 Å². The maximum Gasteiger partial charge on any atom is 1.00 e.